The average Bonchev–Trinajstić information content (AvgIpc) is 3.46. The zero-order valence-corrected chi connectivity index (χ0v) is 18.9. The molecule has 1 aliphatic carbocycles. The average molecular weight is 468 g/mol. The van der Waals surface area contributed by atoms with Gasteiger partial charge in [-0.3, -0.25) is 9.59 Å². The van der Waals surface area contributed by atoms with E-state index in [1.54, 1.807) is 0 Å². The normalized spacial score (nSPS) is 15.0. The zero-order valence-electron chi connectivity index (χ0n) is 18.1. The number of carbonyl (C=O) groups excluding carboxylic acids is 2. The van der Waals surface area contributed by atoms with Crippen molar-refractivity contribution in [2.24, 2.45) is 11.7 Å². The number of nitrogens with one attached hydrogen (secondary N) is 2. The molecule has 2 aromatic rings. The van der Waals surface area contributed by atoms with E-state index in [1.165, 1.54) is 26.1 Å². The molecule has 2 heterocycles. The van der Waals surface area contributed by atoms with Gasteiger partial charge in [0.2, 0.25) is 0 Å². The third-order valence-electron chi connectivity index (χ3n) is 5.12. The SMILES string of the molecule is CC[C@H](Nc1cc(C(F)F)c(-c2sc(C(=O)NCC(C)(C)O)nc2C(N)=O)cn1)C1CC1. The van der Waals surface area contributed by atoms with Crippen LogP contribution < -0.4 is 16.4 Å². The van der Waals surface area contributed by atoms with Crippen molar-refractivity contribution in [3.05, 3.63) is 28.5 Å². The molecule has 0 radical (unpaired) electrons. The number of amides is 2. The first-order valence-corrected chi connectivity index (χ1v) is 11.2. The molecular formula is C21H27F2N5O3S. The lowest BCUT2D eigenvalue weighted by Gasteiger charge is -2.18. The van der Waals surface area contributed by atoms with Crippen molar-refractivity contribution >= 4 is 29.0 Å². The van der Waals surface area contributed by atoms with Gasteiger partial charge < -0.3 is 21.5 Å². The van der Waals surface area contributed by atoms with Crippen LogP contribution in [-0.4, -0.2) is 45.1 Å². The fourth-order valence-corrected chi connectivity index (χ4v) is 4.32. The van der Waals surface area contributed by atoms with Crippen LogP contribution in [0.2, 0.25) is 0 Å². The Balaban J connectivity index is 1.95. The highest BCUT2D eigenvalue weighted by Crippen LogP contribution is 2.39. The van der Waals surface area contributed by atoms with Gasteiger partial charge >= 0.3 is 0 Å². The van der Waals surface area contributed by atoms with E-state index in [1.807, 2.05) is 6.92 Å². The quantitative estimate of drug-likeness (QED) is 0.424. The van der Waals surface area contributed by atoms with Crippen molar-refractivity contribution in [1.82, 2.24) is 15.3 Å². The predicted molar refractivity (Wildman–Crippen MR) is 118 cm³/mol. The van der Waals surface area contributed by atoms with E-state index < -0.39 is 23.8 Å². The minimum atomic E-state index is -2.84. The second-order valence-electron chi connectivity index (χ2n) is 8.51. The minimum absolute atomic E-state index is 0.00198. The molecule has 3 rings (SSSR count). The van der Waals surface area contributed by atoms with Crippen LogP contribution in [0.4, 0.5) is 14.6 Å². The third kappa shape index (κ3) is 5.77. The van der Waals surface area contributed by atoms with E-state index in [4.69, 9.17) is 5.73 Å². The molecule has 5 N–H and O–H groups in total. The van der Waals surface area contributed by atoms with Crippen molar-refractivity contribution in [2.45, 2.75) is 58.1 Å². The third-order valence-corrected chi connectivity index (χ3v) is 6.20. The number of pyridine rings is 1. The summed E-state index contributed by atoms with van der Waals surface area (Å²) in [6.45, 7) is 4.99. The topological polar surface area (TPSA) is 130 Å². The summed E-state index contributed by atoms with van der Waals surface area (Å²) in [5.41, 5.74) is 3.63. The number of alkyl halides is 2. The van der Waals surface area contributed by atoms with Gasteiger partial charge in [-0.15, -0.1) is 11.3 Å². The summed E-state index contributed by atoms with van der Waals surface area (Å²) in [5.74, 6) is -0.744. The van der Waals surface area contributed by atoms with Crippen molar-refractivity contribution in [3.63, 3.8) is 0 Å². The number of nitrogens with zero attached hydrogens (tertiary/aromatic N) is 2. The van der Waals surface area contributed by atoms with Crippen molar-refractivity contribution in [3.8, 4) is 10.4 Å². The molecule has 1 fully saturated rings. The molecule has 2 aromatic heterocycles. The lowest BCUT2D eigenvalue weighted by Crippen LogP contribution is -2.38. The monoisotopic (exact) mass is 467 g/mol. The lowest BCUT2D eigenvalue weighted by atomic mass is 10.1. The van der Waals surface area contributed by atoms with E-state index in [-0.39, 0.29) is 39.3 Å². The fourth-order valence-electron chi connectivity index (χ4n) is 3.30. The van der Waals surface area contributed by atoms with E-state index in [0.29, 0.717) is 11.7 Å². The van der Waals surface area contributed by atoms with Gasteiger partial charge in [0.15, 0.2) is 5.01 Å². The van der Waals surface area contributed by atoms with Crippen LogP contribution in [-0.2, 0) is 0 Å². The molecule has 0 bridgehead atoms. The molecule has 0 aliphatic heterocycles. The summed E-state index contributed by atoms with van der Waals surface area (Å²) in [6.07, 6.45) is 1.47. The molecule has 0 aromatic carbocycles. The molecule has 8 nitrogen and oxygen atoms in total. The van der Waals surface area contributed by atoms with E-state index in [9.17, 15) is 23.5 Å². The standard InChI is InChI=1S/C21H27F2N5O3S/c1-4-13(10-5-6-10)27-14-7-11(17(22)23)12(8-25-14)16-15(18(24)29)28-20(32-16)19(30)26-9-21(2,3)31/h7-8,10,13,17,31H,4-6,9H2,1-3H3,(H2,24,29)(H,25,27)(H,26,30)/t13-/m0/s1. The van der Waals surface area contributed by atoms with Gasteiger partial charge in [0.25, 0.3) is 18.2 Å². The summed E-state index contributed by atoms with van der Waals surface area (Å²) in [7, 11) is 0. The minimum Gasteiger partial charge on any atom is -0.389 e. The second-order valence-corrected chi connectivity index (χ2v) is 9.51. The van der Waals surface area contributed by atoms with E-state index >= 15 is 0 Å². The Morgan fingerprint density at radius 3 is 2.59 bits per heavy atom. The van der Waals surface area contributed by atoms with Gasteiger partial charge in [0.05, 0.1) is 10.5 Å². The number of anilines is 1. The Bertz CT molecular complexity index is 1000. The molecule has 32 heavy (non-hydrogen) atoms. The smallest absolute Gasteiger partial charge is 0.280 e. The van der Waals surface area contributed by atoms with Gasteiger partial charge in [0.1, 0.15) is 11.5 Å². The number of carbonyl (C=O) groups is 2. The van der Waals surface area contributed by atoms with Crippen molar-refractivity contribution in [2.75, 3.05) is 11.9 Å². The molecule has 11 heteroatoms. The van der Waals surface area contributed by atoms with Gasteiger partial charge in [-0.05, 0) is 45.1 Å². The second kappa shape index (κ2) is 9.45. The highest BCUT2D eigenvalue weighted by atomic mass is 32.1. The van der Waals surface area contributed by atoms with Gasteiger partial charge in [-0.25, -0.2) is 18.7 Å². The highest BCUT2D eigenvalue weighted by molar-refractivity contribution is 7.17. The molecule has 174 valence electrons. The Kier molecular flexibility index (Phi) is 7.09. The van der Waals surface area contributed by atoms with Crippen LogP contribution in [0.5, 0.6) is 0 Å². The van der Waals surface area contributed by atoms with E-state index in [0.717, 1.165) is 30.6 Å². The molecule has 0 saturated heterocycles. The van der Waals surface area contributed by atoms with Gasteiger partial charge in [-0.1, -0.05) is 6.92 Å². The summed E-state index contributed by atoms with van der Waals surface area (Å²) in [6, 6.07) is 1.43. The van der Waals surface area contributed by atoms with Crippen LogP contribution in [0.15, 0.2) is 12.3 Å². The number of halogens is 2. The number of aliphatic hydroxyl groups is 1. The number of rotatable bonds is 10. The van der Waals surface area contributed by atoms with Crippen molar-refractivity contribution in [1.29, 1.82) is 0 Å². The fraction of sp³-hybridized carbons (Fsp3) is 0.524. The molecule has 1 aliphatic rings. The molecule has 2 amide bonds. The maximum Gasteiger partial charge on any atom is 0.280 e. The maximum atomic E-state index is 13.9. The van der Waals surface area contributed by atoms with Crippen LogP contribution >= 0.6 is 11.3 Å². The zero-order chi connectivity index (χ0) is 23.6. The number of hydrogen-bond acceptors (Lipinski definition) is 7. The summed E-state index contributed by atoms with van der Waals surface area (Å²) < 4.78 is 27.9. The Hall–Kier alpha value is -2.66. The summed E-state index contributed by atoms with van der Waals surface area (Å²) >= 11 is 0.771. The summed E-state index contributed by atoms with van der Waals surface area (Å²) in [4.78, 5) is 32.6. The number of primary amides is 1. The first-order valence-electron chi connectivity index (χ1n) is 10.4. The Morgan fingerprint density at radius 1 is 1.38 bits per heavy atom. The van der Waals surface area contributed by atoms with E-state index in [2.05, 4.69) is 20.6 Å². The maximum absolute atomic E-state index is 13.9. The first-order chi connectivity index (χ1) is 15.0. The number of hydrogen-bond donors (Lipinski definition) is 4. The Morgan fingerprint density at radius 2 is 2.06 bits per heavy atom. The molecule has 0 spiro atoms. The lowest BCUT2D eigenvalue weighted by molar-refractivity contribution is 0.0694. The van der Waals surface area contributed by atoms with Crippen LogP contribution in [0, 0.1) is 5.92 Å². The number of thiazole rings is 1. The molecular weight excluding hydrogens is 440 g/mol. The number of aromatic nitrogens is 2. The predicted octanol–water partition coefficient (Wildman–Crippen LogP) is 3.34. The first kappa shape index (κ1) is 24.0. The molecule has 1 saturated carbocycles. The summed E-state index contributed by atoms with van der Waals surface area (Å²) in [5, 5.41) is 15.4. The van der Waals surface area contributed by atoms with Gasteiger partial charge in [-0.2, -0.15) is 0 Å². The van der Waals surface area contributed by atoms with Crippen LogP contribution in [0.25, 0.3) is 10.4 Å². The Labute approximate surface area is 188 Å². The number of nitrogens with two attached hydrogens (primary N) is 1. The van der Waals surface area contributed by atoms with Crippen molar-refractivity contribution < 1.29 is 23.5 Å². The van der Waals surface area contributed by atoms with Gasteiger partial charge in [0, 0.05) is 29.9 Å². The molecule has 1 atom stereocenters. The largest absolute Gasteiger partial charge is 0.389 e. The molecule has 0 unspecified atom stereocenters. The highest BCUT2D eigenvalue weighted by Gasteiger charge is 2.31. The van der Waals surface area contributed by atoms with Crippen LogP contribution in [0.1, 0.15) is 72.3 Å². The van der Waals surface area contributed by atoms with Crippen LogP contribution in [0.3, 0.4) is 0 Å².